The normalized spacial score (nSPS) is 18.9. The molecule has 0 aromatic heterocycles. The smallest absolute Gasteiger partial charge is 0.161 e. The average Bonchev–Trinajstić information content (AvgIpc) is 2.54. The van der Waals surface area contributed by atoms with Crippen LogP contribution in [0.3, 0.4) is 0 Å². The highest BCUT2D eigenvalue weighted by Crippen LogP contribution is 2.43. The number of nitrogens with zero attached hydrogens (tertiary/aromatic N) is 1. The van der Waals surface area contributed by atoms with E-state index in [4.69, 9.17) is 14.2 Å². The predicted octanol–water partition coefficient (Wildman–Crippen LogP) is 2.06. The minimum absolute atomic E-state index is 0.498. The van der Waals surface area contributed by atoms with Crippen molar-refractivity contribution in [2.24, 2.45) is 5.41 Å². The van der Waals surface area contributed by atoms with Gasteiger partial charge in [0.25, 0.3) is 0 Å². The van der Waals surface area contributed by atoms with Gasteiger partial charge in [0.05, 0.1) is 31.8 Å². The van der Waals surface area contributed by atoms with Crippen LogP contribution in [-0.2, 0) is 4.74 Å². The van der Waals surface area contributed by atoms with Crippen LogP contribution in [0, 0.1) is 16.7 Å². The van der Waals surface area contributed by atoms with Crippen LogP contribution in [0.2, 0.25) is 0 Å². The molecule has 1 aromatic rings. The van der Waals surface area contributed by atoms with Crippen molar-refractivity contribution in [2.75, 3.05) is 27.4 Å². The van der Waals surface area contributed by atoms with Gasteiger partial charge < -0.3 is 19.3 Å². The van der Waals surface area contributed by atoms with E-state index in [2.05, 4.69) is 6.07 Å². The summed E-state index contributed by atoms with van der Waals surface area (Å²) in [5.41, 5.74) is -0.135. The molecule has 1 aromatic carbocycles. The van der Waals surface area contributed by atoms with Gasteiger partial charge >= 0.3 is 0 Å². The summed E-state index contributed by atoms with van der Waals surface area (Å²) in [6, 6.07) is 7.50. The van der Waals surface area contributed by atoms with Gasteiger partial charge in [0.2, 0.25) is 0 Å². The lowest BCUT2D eigenvalue weighted by atomic mass is 9.74. The van der Waals surface area contributed by atoms with Gasteiger partial charge in [-0.2, -0.15) is 5.26 Å². The van der Waals surface area contributed by atoms with Gasteiger partial charge in [0.15, 0.2) is 11.5 Å². The van der Waals surface area contributed by atoms with Crippen LogP contribution in [0.15, 0.2) is 18.2 Å². The number of hydrogen-bond donors (Lipinski definition) is 1. The van der Waals surface area contributed by atoms with Gasteiger partial charge in [0.1, 0.15) is 0 Å². The lowest BCUT2D eigenvalue weighted by Gasteiger charge is -2.35. The number of benzene rings is 1. The first-order chi connectivity index (χ1) is 9.66. The van der Waals surface area contributed by atoms with Gasteiger partial charge in [-0.1, -0.05) is 6.07 Å². The average molecular weight is 277 g/mol. The van der Waals surface area contributed by atoms with E-state index in [0.29, 0.717) is 43.1 Å². The highest BCUT2D eigenvalue weighted by Gasteiger charge is 2.41. The lowest BCUT2D eigenvalue weighted by molar-refractivity contribution is -0.0310. The molecule has 1 unspecified atom stereocenters. The maximum atomic E-state index is 10.6. The fourth-order valence-electron chi connectivity index (χ4n) is 2.52. The van der Waals surface area contributed by atoms with Gasteiger partial charge in [-0.25, -0.2) is 0 Å². The van der Waals surface area contributed by atoms with E-state index in [9.17, 15) is 10.4 Å². The molecule has 0 radical (unpaired) electrons. The van der Waals surface area contributed by atoms with Crippen molar-refractivity contribution in [3.05, 3.63) is 23.8 Å². The predicted molar refractivity (Wildman–Crippen MR) is 72.6 cm³/mol. The van der Waals surface area contributed by atoms with E-state index in [1.54, 1.807) is 32.4 Å². The summed E-state index contributed by atoms with van der Waals surface area (Å²) in [6.45, 7) is 0.996. The van der Waals surface area contributed by atoms with Crippen LogP contribution in [0.5, 0.6) is 11.5 Å². The van der Waals surface area contributed by atoms with E-state index in [-0.39, 0.29) is 0 Å². The highest BCUT2D eigenvalue weighted by molar-refractivity contribution is 5.44. The third kappa shape index (κ3) is 2.58. The zero-order chi connectivity index (χ0) is 14.6. The fraction of sp³-hybridized carbons (Fsp3) is 0.533. The van der Waals surface area contributed by atoms with Crippen molar-refractivity contribution in [3.8, 4) is 17.6 Å². The molecule has 0 saturated carbocycles. The molecule has 1 fully saturated rings. The molecule has 20 heavy (non-hydrogen) atoms. The summed E-state index contributed by atoms with van der Waals surface area (Å²) in [5.74, 6) is 1.14. The SMILES string of the molecule is COc1ccc(C(O)C2(C#N)CCOCC2)cc1OC. The third-order valence-electron chi connectivity index (χ3n) is 3.85. The molecule has 1 saturated heterocycles. The van der Waals surface area contributed by atoms with Gasteiger partial charge in [-0.15, -0.1) is 0 Å². The molecule has 1 aliphatic heterocycles. The van der Waals surface area contributed by atoms with E-state index >= 15 is 0 Å². The minimum atomic E-state index is -0.865. The van der Waals surface area contributed by atoms with Crippen molar-refractivity contribution in [1.82, 2.24) is 0 Å². The van der Waals surface area contributed by atoms with Crippen LogP contribution in [0.1, 0.15) is 24.5 Å². The second kappa shape index (κ2) is 6.12. The molecule has 1 atom stereocenters. The number of aliphatic hydroxyl groups excluding tert-OH is 1. The van der Waals surface area contributed by atoms with Crippen LogP contribution in [0.25, 0.3) is 0 Å². The number of aliphatic hydroxyl groups is 1. The first-order valence-electron chi connectivity index (χ1n) is 6.56. The number of ether oxygens (including phenoxy) is 3. The Bertz CT molecular complexity index is 503. The monoisotopic (exact) mass is 277 g/mol. The quantitative estimate of drug-likeness (QED) is 0.912. The second-order valence-electron chi connectivity index (χ2n) is 4.90. The molecule has 0 amide bonds. The molecule has 2 rings (SSSR count). The van der Waals surface area contributed by atoms with Crippen LogP contribution in [-0.4, -0.2) is 32.5 Å². The van der Waals surface area contributed by atoms with Crippen LogP contribution in [0.4, 0.5) is 0 Å². The van der Waals surface area contributed by atoms with E-state index < -0.39 is 11.5 Å². The largest absolute Gasteiger partial charge is 0.493 e. The Morgan fingerprint density at radius 3 is 2.45 bits per heavy atom. The topological polar surface area (TPSA) is 71.7 Å². The summed E-state index contributed by atoms with van der Waals surface area (Å²) in [4.78, 5) is 0. The second-order valence-corrected chi connectivity index (χ2v) is 4.90. The Hall–Kier alpha value is -1.77. The zero-order valence-electron chi connectivity index (χ0n) is 11.8. The Morgan fingerprint density at radius 1 is 1.25 bits per heavy atom. The molecule has 1 heterocycles. The fourth-order valence-corrected chi connectivity index (χ4v) is 2.52. The molecule has 0 aliphatic carbocycles. The summed E-state index contributed by atoms with van der Waals surface area (Å²) in [6.07, 6.45) is 0.189. The Morgan fingerprint density at radius 2 is 1.90 bits per heavy atom. The van der Waals surface area contributed by atoms with E-state index in [1.807, 2.05) is 0 Å². The molecule has 0 bridgehead atoms. The molecular formula is C15H19NO4. The molecule has 0 spiro atoms. The number of hydrogen-bond acceptors (Lipinski definition) is 5. The number of rotatable bonds is 4. The van der Waals surface area contributed by atoms with Crippen molar-refractivity contribution < 1.29 is 19.3 Å². The molecule has 5 heteroatoms. The molecule has 5 nitrogen and oxygen atoms in total. The first-order valence-corrected chi connectivity index (χ1v) is 6.56. The Labute approximate surface area is 118 Å². The summed E-state index contributed by atoms with van der Waals surface area (Å²) in [7, 11) is 3.10. The van der Waals surface area contributed by atoms with Crippen molar-refractivity contribution in [2.45, 2.75) is 18.9 Å². The Balaban J connectivity index is 2.32. The van der Waals surface area contributed by atoms with Gasteiger partial charge in [0, 0.05) is 13.2 Å². The number of nitriles is 1. The molecular weight excluding hydrogens is 258 g/mol. The van der Waals surface area contributed by atoms with Crippen LogP contribution < -0.4 is 9.47 Å². The van der Waals surface area contributed by atoms with Crippen molar-refractivity contribution in [1.29, 1.82) is 5.26 Å². The maximum Gasteiger partial charge on any atom is 0.161 e. The van der Waals surface area contributed by atoms with Crippen LogP contribution >= 0.6 is 0 Å². The summed E-state index contributed by atoms with van der Waals surface area (Å²) >= 11 is 0. The van der Waals surface area contributed by atoms with Crippen molar-refractivity contribution in [3.63, 3.8) is 0 Å². The van der Waals surface area contributed by atoms with Gasteiger partial charge in [-0.3, -0.25) is 0 Å². The van der Waals surface area contributed by atoms with Crippen molar-refractivity contribution >= 4 is 0 Å². The summed E-state index contributed by atoms with van der Waals surface area (Å²) in [5, 5.41) is 20.1. The van der Waals surface area contributed by atoms with E-state index in [0.717, 1.165) is 0 Å². The van der Waals surface area contributed by atoms with Gasteiger partial charge in [-0.05, 0) is 30.5 Å². The molecule has 1 aliphatic rings. The molecule has 1 N–H and O–H groups in total. The summed E-state index contributed by atoms with van der Waals surface area (Å²) < 4.78 is 15.7. The van der Waals surface area contributed by atoms with E-state index in [1.165, 1.54) is 0 Å². The zero-order valence-corrected chi connectivity index (χ0v) is 11.8. The standard InChI is InChI=1S/C15H19NO4/c1-18-12-4-3-11(9-13(12)19-2)14(17)15(10-16)5-7-20-8-6-15/h3-4,9,14,17H,5-8H2,1-2H3. The Kier molecular flexibility index (Phi) is 4.48. The minimum Gasteiger partial charge on any atom is -0.493 e. The highest BCUT2D eigenvalue weighted by atomic mass is 16.5. The maximum absolute atomic E-state index is 10.6. The molecule has 108 valence electrons. The lowest BCUT2D eigenvalue weighted by Crippen LogP contribution is -2.34. The first kappa shape index (κ1) is 14.6. The number of methoxy groups -OCH3 is 2. The third-order valence-corrected chi connectivity index (χ3v) is 3.85.